The molecule has 27 heavy (non-hydrogen) atoms. The van der Waals surface area contributed by atoms with Gasteiger partial charge in [-0.3, -0.25) is 4.98 Å². The number of imidazole rings is 1. The van der Waals surface area contributed by atoms with E-state index in [-0.39, 0.29) is 0 Å². The van der Waals surface area contributed by atoms with E-state index in [1.807, 2.05) is 12.4 Å². The van der Waals surface area contributed by atoms with Gasteiger partial charge < -0.3 is 14.4 Å². The molecule has 0 aliphatic carbocycles. The van der Waals surface area contributed by atoms with Crippen molar-refractivity contribution in [1.29, 1.82) is 0 Å². The van der Waals surface area contributed by atoms with Crippen molar-refractivity contribution in [3.8, 4) is 0 Å². The van der Waals surface area contributed by atoms with Crippen molar-refractivity contribution in [2.24, 2.45) is 0 Å². The maximum atomic E-state index is 4.74. The summed E-state index contributed by atoms with van der Waals surface area (Å²) in [4.78, 5) is 14.0. The first-order valence-corrected chi connectivity index (χ1v) is 9.97. The number of pyridine rings is 1. The SMILES string of the molecule is CN(C)CCCn1ccnc1[C@@H]1CCCN(c2ccnc3ccccc23)C1. The number of aromatic nitrogens is 3. The van der Waals surface area contributed by atoms with E-state index < -0.39 is 0 Å². The Morgan fingerprint density at radius 1 is 1.11 bits per heavy atom. The third kappa shape index (κ3) is 3.98. The lowest BCUT2D eigenvalue weighted by molar-refractivity contribution is 0.380. The molecule has 4 rings (SSSR count). The van der Waals surface area contributed by atoms with E-state index >= 15 is 0 Å². The van der Waals surface area contributed by atoms with Gasteiger partial charge in [-0.05, 0) is 52.0 Å². The maximum Gasteiger partial charge on any atom is 0.113 e. The second-order valence-electron chi connectivity index (χ2n) is 7.77. The van der Waals surface area contributed by atoms with Crippen molar-refractivity contribution in [3.05, 3.63) is 54.7 Å². The number of piperidine rings is 1. The summed E-state index contributed by atoms with van der Waals surface area (Å²) in [5.74, 6) is 1.73. The van der Waals surface area contributed by atoms with Crippen LogP contribution in [0.4, 0.5) is 5.69 Å². The van der Waals surface area contributed by atoms with Crippen LogP contribution in [0.1, 0.15) is 31.0 Å². The average Bonchev–Trinajstić information content (AvgIpc) is 3.16. The normalized spacial score (nSPS) is 17.7. The van der Waals surface area contributed by atoms with Crippen LogP contribution in [-0.4, -0.2) is 53.2 Å². The first kappa shape index (κ1) is 18.0. The minimum atomic E-state index is 0.486. The molecule has 2 aromatic heterocycles. The summed E-state index contributed by atoms with van der Waals surface area (Å²) in [7, 11) is 4.26. The van der Waals surface area contributed by atoms with Crippen LogP contribution in [0.3, 0.4) is 0 Å². The molecule has 3 heterocycles. The van der Waals surface area contributed by atoms with Crippen molar-refractivity contribution in [3.63, 3.8) is 0 Å². The van der Waals surface area contributed by atoms with E-state index in [2.05, 4.69) is 70.0 Å². The van der Waals surface area contributed by atoms with Crippen molar-refractivity contribution < 1.29 is 0 Å². The zero-order chi connectivity index (χ0) is 18.6. The molecule has 5 heteroatoms. The van der Waals surface area contributed by atoms with Crippen LogP contribution in [0.2, 0.25) is 0 Å². The standard InChI is InChI=1S/C22H29N5/c1-25(2)13-6-15-26-16-12-24-22(26)18-7-5-14-27(17-18)21-10-11-23-20-9-4-3-8-19(20)21/h3-4,8-12,16,18H,5-7,13-15,17H2,1-2H3/t18-/m1/s1. The van der Waals surface area contributed by atoms with Crippen LogP contribution < -0.4 is 4.90 Å². The van der Waals surface area contributed by atoms with Crippen molar-refractivity contribution in [2.75, 3.05) is 38.6 Å². The van der Waals surface area contributed by atoms with Gasteiger partial charge in [-0.2, -0.15) is 0 Å². The number of aryl methyl sites for hydroxylation is 1. The molecule has 3 aromatic rings. The molecule has 1 aliphatic rings. The Balaban J connectivity index is 1.53. The zero-order valence-electron chi connectivity index (χ0n) is 16.4. The third-order valence-electron chi connectivity index (χ3n) is 5.51. The van der Waals surface area contributed by atoms with E-state index in [0.717, 1.165) is 38.1 Å². The monoisotopic (exact) mass is 363 g/mol. The zero-order valence-corrected chi connectivity index (χ0v) is 16.4. The Hall–Kier alpha value is -2.40. The molecule has 0 unspecified atom stereocenters. The summed E-state index contributed by atoms with van der Waals surface area (Å²) in [5.41, 5.74) is 2.37. The lowest BCUT2D eigenvalue weighted by Crippen LogP contribution is -2.35. The number of rotatable bonds is 6. The molecular formula is C22H29N5. The second kappa shape index (κ2) is 8.09. The molecule has 1 aliphatic heterocycles. The molecule has 0 saturated carbocycles. The fourth-order valence-corrected chi connectivity index (χ4v) is 4.19. The highest BCUT2D eigenvalue weighted by Crippen LogP contribution is 2.32. The fourth-order valence-electron chi connectivity index (χ4n) is 4.19. The second-order valence-corrected chi connectivity index (χ2v) is 7.77. The smallest absolute Gasteiger partial charge is 0.113 e. The minimum Gasteiger partial charge on any atom is -0.370 e. The number of anilines is 1. The van der Waals surface area contributed by atoms with Gasteiger partial charge in [0.05, 0.1) is 5.52 Å². The number of benzene rings is 1. The molecule has 0 N–H and O–H groups in total. The molecule has 0 spiro atoms. The minimum absolute atomic E-state index is 0.486. The molecule has 5 nitrogen and oxygen atoms in total. The summed E-state index contributed by atoms with van der Waals surface area (Å²) in [6, 6.07) is 10.6. The lowest BCUT2D eigenvalue weighted by Gasteiger charge is -2.35. The molecule has 1 atom stereocenters. The predicted molar refractivity (Wildman–Crippen MR) is 111 cm³/mol. The molecule has 0 bridgehead atoms. The van der Waals surface area contributed by atoms with Crippen LogP contribution in [0.5, 0.6) is 0 Å². The fraction of sp³-hybridized carbons (Fsp3) is 0.455. The summed E-state index contributed by atoms with van der Waals surface area (Å²) < 4.78 is 2.36. The van der Waals surface area contributed by atoms with Crippen molar-refractivity contribution in [2.45, 2.75) is 31.7 Å². The Morgan fingerprint density at radius 3 is 2.89 bits per heavy atom. The number of nitrogens with zero attached hydrogens (tertiary/aromatic N) is 5. The van der Waals surface area contributed by atoms with Gasteiger partial charge in [0.25, 0.3) is 0 Å². The Kier molecular flexibility index (Phi) is 5.39. The van der Waals surface area contributed by atoms with Gasteiger partial charge in [-0.1, -0.05) is 18.2 Å². The molecule has 1 fully saturated rings. The Morgan fingerprint density at radius 2 is 2.00 bits per heavy atom. The molecule has 0 amide bonds. The number of fused-ring (bicyclic) bond motifs is 1. The Labute approximate surface area is 161 Å². The van der Waals surface area contributed by atoms with Gasteiger partial charge in [-0.15, -0.1) is 0 Å². The summed E-state index contributed by atoms with van der Waals surface area (Å²) in [6.45, 7) is 4.28. The van der Waals surface area contributed by atoms with E-state index in [1.165, 1.54) is 29.7 Å². The number of para-hydroxylation sites is 1. The summed E-state index contributed by atoms with van der Waals surface area (Å²) in [5, 5.41) is 1.25. The maximum absolute atomic E-state index is 4.74. The molecular weight excluding hydrogens is 334 g/mol. The average molecular weight is 364 g/mol. The van der Waals surface area contributed by atoms with Crippen LogP contribution in [-0.2, 0) is 6.54 Å². The van der Waals surface area contributed by atoms with Crippen LogP contribution in [0.25, 0.3) is 10.9 Å². The number of hydrogen-bond donors (Lipinski definition) is 0. The topological polar surface area (TPSA) is 37.2 Å². The van der Waals surface area contributed by atoms with Gasteiger partial charge in [0.15, 0.2) is 0 Å². The molecule has 0 radical (unpaired) electrons. The van der Waals surface area contributed by atoms with Crippen LogP contribution >= 0.6 is 0 Å². The molecule has 142 valence electrons. The van der Waals surface area contributed by atoms with Gasteiger partial charge >= 0.3 is 0 Å². The molecule has 1 saturated heterocycles. The van der Waals surface area contributed by atoms with Gasteiger partial charge in [0.2, 0.25) is 0 Å². The summed E-state index contributed by atoms with van der Waals surface area (Å²) in [6.07, 6.45) is 9.61. The first-order chi connectivity index (χ1) is 13.2. The van der Waals surface area contributed by atoms with Crippen molar-refractivity contribution in [1.82, 2.24) is 19.4 Å². The Bertz CT molecular complexity index is 880. The molecule has 1 aromatic carbocycles. The van der Waals surface area contributed by atoms with E-state index in [1.54, 1.807) is 0 Å². The quantitative estimate of drug-likeness (QED) is 0.668. The predicted octanol–water partition coefficient (Wildman–Crippen LogP) is 3.77. The first-order valence-electron chi connectivity index (χ1n) is 9.97. The van der Waals surface area contributed by atoms with E-state index in [0.29, 0.717) is 5.92 Å². The van der Waals surface area contributed by atoms with Gasteiger partial charge in [0.1, 0.15) is 5.82 Å². The van der Waals surface area contributed by atoms with Crippen LogP contribution in [0.15, 0.2) is 48.9 Å². The number of hydrogen-bond acceptors (Lipinski definition) is 4. The largest absolute Gasteiger partial charge is 0.370 e. The highest BCUT2D eigenvalue weighted by atomic mass is 15.2. The third-order valence-corrected chi connectivity index (χ3v) is 5.51. The lowest BCUT2D eigenvalue weighted by atomic mass is 9.96. The highest BCUT2D eigenvalue weighted by molar-refractivity contribution is 5.91. The van der Waals surface area contributed by atoms with E-state index in [9.17, 15) is 0 Å². The summed E-state index contributed by atoms with van der Waals surface area (Å²) >= 11 is 0. The van der Waals surface area contributed by atoms with Crippen LogP contribution in [0, 0.1) is 0 Å². The van der Waals surface area contributed by atoms with Gasteiger partial charge in [-0.25, -0.2) is 4.98 Å². The van der Waals surface area contributed by atoms with E-state index in [4.69, 9.17) is 4.98 Å². The van der Waals surface area contributed by atoms with Crippen molar-refractivity contribution >= 4 is 16.6 Å². The van der Waals surface area contributed by atoms with Gasteiger partial charge in [0, 0.05) is 55.2 Å². The highest BCUT2D eigenvalue weighted by Gasteiger charge is 2.25.